The van der Waals surface area contributed by atoms with Crippen LogP contribution in [0.5, 0.6) is 0 Å². The number of halogens is 2. The number of rotatable bonds is 5. The molecule has 0 saturated carbocycles. The van der Waals surface area contributed by atoms with Gasteiger partial charge in [-0.3, -0.25) is 9.36 Å². The fourth-order valence-corrected chi connectivity index (χ4v) is 2.98. The third kappa shape index (κ3) is 4.21. The van der Waals surface area contributed by atoms with Gasteiger partial charge in [0, 0.05) is 11.4 Å². The first-order valence-electron chi connectivity index (χ1n) is 7.39. The molecule has 128 valence electrons. The lowest BCUT2D eigenvalue weighted by Gasteiger charge is -2.08. The molecule has 2 aromatic carbocycles. The summed E-state index contributed by atoms with van der Waals surface area (Å²) in [6, 6.07) is 11.5. The van der Waals surface area contributed by atoms with Crippen LogP contribution in [-0.2, 0) is 4.79 Å². The molecule has 0 fully saturated rings. The lowest BCUT2D eigenvalue weighted by molar-refractivity contribution is -0.113. The first kappa shape index (κ1) is 17.1. The molecule has 0 aliphatic heterocycles. The molecule has 0 spiro atoms. The van der Waals surface area contributed by atoms with Crippen molar-refractivity contribution in [3.63, 3.8) is 0 Å². The van der Waals surface area contributed by atoms with Gasteiger partial charge in [0.1, 0.15) is 17.5 Å². The highest BCUT2D eigenvalue weighted by molar-refractivity contribution is 7.99. The van der Waals surface area contributed by atoms with Crippen LogP contribution in [-0.4, -0.2) is 26.4 Å². The van der Waals surface area contributed by atoms with Gasteiger partial charge in [-0.2, -0.15) is 0 Å². The second-order valence-electron chi connectivity index (χ2n) is 5.19. The van der Waals surface area contributed by atoms with Gasteiger partial charge in [-0.05, 0) is 55.5 Å². The van der Waals surface area contributed by atoms with Crippen molar-refractivity contribution in [1.29, 1.82) is 0 Å². The van der Waals surface area contributed by atoms with E-state index in [1.165, 1.54) is 48.2 Å². The van der Waals surface area contributed by atoms with Gasteiger partial charge < -0.3 is 5.32 Å². The van der Waals surface area contributed by atoms with Crippen LogP contribution in [0, 0.1) is 18.6 Å². The maximum Gasteiger partial charge on any atom is 0.234 e. The number of amides is 1. The molecule has 0 aliphatic rings. The van der Waals surface area contributed by atoms with Crippen LogP contribution in [0.3, 0.4) is 0 Å². The number of nitrogens with zero attached hydrogens (tertiary/aromatic N) is 3. The maximum absolute atomic E-state index is 13.1. The smallest absolute Gasteiger partial charge is 0.234 e. The van der Waals surface area contributed by atoms with E-state index in [-0.39, 0.29) is 23.3 Å². The molecular weight excluding hydrogens is 346 g/mol. The van der Waals surface area contributed by atoms with Gasteiger partial charge in [-0.15, -0.1) is 10.2 Å². The largest absolute Gasteiger partial charge is 0.325 e. The minimum Gasteiger partial charge on any atom is -0.325 e. The number of hydrogen-bond donors (Lipinski definition) is 1. The van der Waals surface area contributed by atoms with E-state index in [0.717, 1.165) is 0 Å². The third-order valence-corrected chi connectivity index (χ3v) is 4.27. The Morgan fingerprint density at radius 2 is 1.64 bits per heavy atom. The normalized spacial score (nSPS) is 10.7. The van der Waals surface area contributed by atoms with E-state index in [9.17, 15) is 13.6 Å². The predicted molar refractivity (Wildman–Crippen MR) is 91.8 cm³/mol. The molecule has 0 saturated heterocycles. The maximum atomic E-state index is 13.1. The van der Waals surface area contributed by atoms with Crippen LogP contribution in [0.1, 0.15) is 5.82 Å². The Kier molecular flexibility index (Phi) is 5.08. The first-order chi connectivity index (χ1) is 12.0. The Bertz CT molecular complexity index is 879. The van der Waals surface area contributed by atoms with Crippen LogP contribution in [0.15, 0.2) is 53.7 Å². The molecule has 0 radical (unpaired) electrons. The molecule has 5 nitrogen and oxygen atoms in total. The molecule has 25 heavy (non-hydrogen) atoms. The van der Waals surface area contributed by atoms with Crippen LogP contribution in [0.4, 0.5) is 14.5 Å². The van der Waals surface area contributed by atoms with E-state index in [2.05, 4.69) is 15.5 Å². The van der Waals surface area contributed by atoms with Crippen LogP contribution in [0.25, 0.3) is 5.69 Å². The van der Waals surface area contributed by atoms with E-state index in [4.69, 9.17) is 0 Å². The fourth-order valence-electron chi connectivity index (χ4n) is 2.18. The number of hydrogen-bond acceptors (Lipinski definition) is 4. The Labute approximate surface area is 147 Å². The monoisotopic (exact) mass is 360 g/mol. The third-order valence-electron chi connectivity index (χ3n) is 3.34. The van der Waals surface area contributed by atoms with Crippen LogP contribution >= 0.6 is 11.8 Å². The van der Waals surface area contributed by atoms with Crippen molar-refractivity contribution in [2.45, 2.75) is 12.1 Å². The van der Waals surface area contributed by atoms with Crippen molar-refractivity contribution in [2.24, 2.45) is 0 Å². The molecule has 1 heterocycles. The van der Waals surface area contributed by atoms with E-state index >= 15 is 0 Å². The highest BCUT2D eigenvalue weighted by Crippen LogP contribution is 2.22. The summed E-state index contributed by atoms with van der Waals surface area (Å²) in [5.41, 5.74) is 1.23. The quantitative estimate of drug-likeness (QED) is 0.707. The SMILES string of the molecule is Cc1nnc(SCC(=O)Nc2ccc(F)cc2)n1-c1ccc(F)cc1. The first-order valence-corrected chi connectivity index (χ1v) is 8.37. The second-order valence-corrected chi connectivity index (χ2v) is 6.13. The number of nitrogens with one attached hydrogen (secondary N) is 1. The summed E-state index contributed by atoms with van der Waals surface area (Å²) in [4.78, 5) is 12.0. The van der Waals surface area contributed by atoms with Gasteiger partial charge in [0.05, 0.1) is 5.75 Å². The summed E-state index contributed by atoms with van der Waals surface area (Å²) in [5, 5.41) is 11.3. The van der Waals surface area contributed by atoms with E-state index in [1.807, 2.05) is 0 Å². The number of benzene rings is 2. The molecule has 0 bridgehead atoms. The second kappa shape index (κ2) is 7.43. The Hall–Kier alpha value is -2.74. The van der Waals surface area contributed by atoms with E-state index in [1.54, 1.807) is 23.6 Å². The molecule has 8 heteroatoms. The average Bonchev–Trinajstić information content (AvgIpc) is 2.97. The summed E-state index contributed by atoms with van der Waals surface area (Å²) in [6.45, 7) is 1.78. The lowest BCUT2D eigenvalue weighted by atomic mass is 10.3. The molecule has 3 rings (SSSR count). The van der Waals surface area contributed by atoms with Gasteiger partial charge in [0.2, 0.25) is 5.91 Å². The van der Waals surface area contributed by atoms with Gasteiger partial charge in [0.15, 0.2) is 5.16 Å². The summed E-state index contributed by atoms with van der Waals surface area (Å²) in [7, 11) is 0. The fraction of sp³-hybridized carbons (Fsp3) is 0.118. The Balaban J connectivity index is 1.68. The summed E-state index contributed by atoms with van der Waals surface area (Å²) in [5.74, 6) is -0.204. The molecular formula is C17H14F2N4OS. The zero-order valence-electron chi connectivity index (χ0n) is 13.2. The van der Waals surface area contributed by atoms with Gasteiger partial charge in [-0.1, -0.05) is 11.8 Å². The number of aryl methyl sites for hydroxylation is 1. The van der Waals surface area contributed by atoms with Crippen molar-refractivity contribution in [3.05, 3.63) is 66.0 Å². The lowest BCUT2D eigenvalue weighted by Crippen LogP contribution is -2.14. The zero-order chi connectivity index (χ0) is 17.8. The van der Waals surface area contributed by atoms with Crippen molar-refractivity contribution < 1.29 is 13.6 Å². The van der Waals surface area contributed by atoms with Crippen molar-refractivity contribution in [3.8, 4) is 5.69 Å². The van der Waals surface area contributed by atoms with Gasteiger partial charge >= 0.3 is 0 Å². The standard InChI is InChI=1S/C17H14F2N4OS/c1-11-21-22-17(23(11)15-8-4-13(19)5-9-15)25-10-16(24)20-14-6-2-12(18)3-7-14/h2-9H,10H2,1H3,(H,20,24). The predicted octanol–water partition coefficient (Wildman–Crippen LogP) is 3.58. The van der Waals surface area contributed by atoms with E-state index in [0.29, 0.717) is 22.4 Å². The molecule has 0 unspecified atom stereocenters. The van der Waals surface area contributed by atoms with E-state index < -0.39 is 0 Å². The summed E-state index contributed by atoms with van der Waals surface area (Å²) >= 11 is 1.21. The van der Waals surface area contributed by atoms with Crippen LogP contribution < -0.4 is 5.32 Å². The number of aromatic nitrogens is 3. The average molecular weight is 360 g/mol. The highest BCUT2D eigenvalue weighted by Gasteiger charge is 2.13. The van der Waals surface area contributed by atoms with Crippen molar-refractivity contribution in [2.75, 3.05) is 11.1 Å². The molecule has 0 atom stereocenters. The summed E-state index contributed by atoms with van der Waals surface area (Å²) < 4.78 is 27.7. The molecule has 1 N–H and O–H groups in total. The minimum absolute atomic E-state index is 0.108. The highest BCUT2D eigenvalue weighted by atomic mass is 32.2. The molecule has 1 aromatic heterocycles. The zero-order valence-corrected chi connectivity index (χ0v) is 14.1. The van der Waals surface area contributed by atoms with Crippen molar-refractivity contribution in [1.82, 2.24) is 14.8 Å². The summed E-state index contributed by atoms with van der Waals surface area (Å²) in [6.07, 6.45) is 0. The molecule has 1 amide bonds. The Morgan fingerprint density at radius 1 is 1.04 bits per heavy atom. The Morgan fingerprint density at radius 3 is 2.28 bits per heavy atom. The number of carbonyl (C=O) groups is 1. The van der Waals surface area contributed by atoms with Gasteiger partial charge in [-0.25, -0.2) is 8.78 Å². The van der Waals surface area contributed by atoms with Gasteiger partial charge in [0.25, 0.3) is 0 Å². The topological polar surface area (TPSA) is 59.8 Å². The molecule has 0 aliphatic carbocycles. The molecule has 3 aromatic rings. The number of thioether (sulfide) groups is 1. The number of carbonyl (C=O) groups excluding carboxylic acids is 1. The van der Waals surface area contributed by atoms with Crippen LogP contribution in [0.2, 0.25) is 0 Å². The van der Waals surface area contributed by atoms with Crippen molar-refractivity contribution >= 4 is 23.4 Å². The minimum atomic E-state index is -0.366. The number of anilines is 1.